The van der Waals surface area contributed by atoms with Gasteiger partial charge in [-0.2, -0.15) is 0 Å². The van der Waals surface area contributed by atoms with Gasteiger partial charge >= 0.3 is 0 Å². The van der Waals surface area contributed by atoms with Crippen molar-refractivity contribution in [2.75, 3.05) is 6.61 Å². The molecular formula is C42H79NO4. The monoisotopic (exact) mass is 662 g/mol. The first-order valence-corrected chi connectivity index (χ1v) is 20.2. The van der Waals surface area contributed by atoms with Gasteiger partial charge in [0.25, 0.3) is 0 Å². The second-order valence-electron chi connectivity index (χ2n) is 14.0. The number of allylic oxidation sites excluding steroid dienone is 5. The van der Waals surface area contributed by atoms with E-state index in [4.69, 9.17) is 0 Å². The molecule has 5 heteroatoms. The third-order valence-corrected chi connectivity index (χ3v) is 9.31. The second-order valence-corrected chi connectivity index (χ2v) is 14.0. The quantitative estimate of drug-likeness (QED) is 0.0309. The number of hydrogen-bond acceptors (Lipinski definition) is 4. The highest BCUT2D eigenvalue weighted by molar-refractivity contribution is 5.80. The van der Waals surface area contributed by atoms with E-state index < -0.39 is 24.2 Å². The Morgan fingerprint density at radius 2 is 1.04 bits per heavy atom. The van der Waals surface area contributed by atoms with Crippen LogP contribution in [0.1, 0.15) is 201 Å². The lowest BCUT2D eigenvalue weighted by Gasteiger charge is -2.21. The van der Waals surface area contributed by atoms with Crippen LogP contribution in [0.25, 0.3) is 0 Å². The molecule has 0 radical (unpaired) electrons. The summed E-state index contributed by atoms with van der Waals surface area (Å²) in [6.45, 7) is 6.24. The van der Waals surface area contributed by atoms with E-state index in [2.05, 4.69) is 44.3 Å². The fraction of sp³-hybridized carbons (Fsp3) is 0.833. The van der Waals surface area contributed by atoms with Gasteiger partial charge in [0.05, 0.1) is 18.8 Å². The number of aliphatic hydroxyl groups is 3. The zero-order valence-electron chi connectivity index (χ0n) is 31.4. The van der Waals surface area contributed by atoms with Crippen LogP contribution in [0, 0.1) is 0 Å². The van der Waals surface area contributed by atoms with Gasteiger partial charge in [-0.25, -0.2) is 0 Å². The Labute approximate surface area is 292 Å². The average molecular weight is 662 g/mol. The molecule has 5 nitrogen and oxygen atoms in total. The van der Waals surface area contributed by atoms with E-state index in [1.165, 1.54) is 140 Å². The fourth-order valence-electron chi connectivity index (χ4n) is 6.05. The Balaban J connectivity index is 3.82. The molecule has 0 aliphatic carbocycles. The molecule has 0 aromatic carbocycles. The van der Waals surface area contributed by atoms with Gasteiger partial charge in [0, 0.05) is 0 Å². The highest BCUT2D eigenvalue weighted by Gasteiger charge is 2.22. The van der Waals surface area contributed by atoms with E-state index in [-0.39, 0.29) is 6.61 Å². The minimum absolute atomic E-state index is 0.383. The van der Waals surface area contributed by atoms with Crippen molar-refractivity contribution in [2.45, 2.75) is 219 Å². The molecule has 0 saturated carbocycles. The molecule has 0 bridgehead atoms. The van der Waals surface area contributed by atoms with E-state index in [0.29, 0.717) is 6.42 Å². The van der Waals surface area contributed by atoms with Crippen LogP contribution in [0.2, 0.25) is 0 Å². The smallest absolute Gasteiger partial charge is 0.249 e. The van der Waals surface area contributed by atoms with Crippen LogP contribution >= 0.6 is 0 Å². The maximum Gasteiger partial charge on any atom is 0.249 e. The van der Waals surface area contributed by atoms with E-state index in [9.17, 15) is 20.1 Å². The Bertz CT molecular complexity index is 762. The van der Waals surface area contributed by atoms with E-state index >= 15 is 0 Å². The summed E-state index contributed by atoms with van der Waals surface area (Å²) >= 11 is 0. The van der Waals surface area contributed by atoms with Crippen LogP contribution in [-0.4, -0.2) is 46.1 Å². The van der Waals surface area contributed by atoms with E-state index in [1.54, 1.807) is 6.08 Å². The average Bonchev–Trinajstić information content (AvgIpc) is 3.07. The van der Waals surface area contributed by atoms with Crippen molar-refractivity contribution < 1.29 is 20.1 Å². The first-order chi connectivity index (χ1) is 23.0. The zero-order chi connectivity index (χ0) is 34.6. The van der Waals surface area contributed by atoms with E-state index in [1.807, 2.05) is 6.08 Å². The van der Waals surface area contributed by atoms with Crippen molar-refractivity contribution in [3.05, 3.63) is 36.0 Å². The van der Waals surface area contributed by atoms with Crippen molar-refractivity contribution in [1.82, 2.24) is 5.32 Å². The Kier molecular flexibility index (Phi) is 34.8. The van der Waals surface area contributed by atoms with Gasteiger partial charge in [0.2, 0.25) is 5.91 Å². The topological polar surface area (TPSA) is 89.8 Å². The molecule has 3 atom stereocenters. The van der Waals surface area contributed by atoms with Gasteiger partial charge in [-0.05, 0) is 39.0 Å². The van der Waals surface area contributed by atoms with Gasteiger partial charge in [0.1, 0.15) is 6.10 Å². The van der Waals surface area contributed by atoms with Crippen LogP contribution < -0.4 is 5.32 Å². The normalized spacial score (nSPS) is 14.3. The molecule has 0 aliphatic heterocycles. The number of aliphatic hydroxyl groups excluding tert-OH is 3. The molecule has 0 spiro atoms. The molecule has 4 N–H and O–H groups in total. The lowest BCUT2D eigenvalue weighted by atomic mass is 10.0. The summed E-state index contributed by atoms with van der Waals surface area (Å²) in [5, 5.41) is 33.1. The van der Waals surface area contributed by atoms with Gasteiger partial charge in [-0.15, -0.1) is 0 Å². The molecule has 1 amide bonds. The Morgan fingerprint density at radius 3 is 1.51 bits per heavy atom. The van der Waals surface area contributed by atoms with Gasteiger partial charge in [-0.1, -0.05) is 197 Å². The molecule has 0 rings (SSSR count). The first kappa shape index (κ1) is 45.6. The van der Waals surface area contributed by atoms with Gasteiger partial charge in [0.15, 0.2) is 0 Å². The zero-order valence-corrected chi connectivity index (χ0v) is 31.4. The number of hydrogen-bond donors (Lipinski definition) is 4. The fourth-order valence-corrected chi connectivity index (χ4v) is 6.05. The molecule has 0 fully saturated rings. The van der Waals surface area contributed by atoms with Gasteiger partial charge < -0.3 is 20.6 Å². The van der Waals surface area contributed by atoms with Crippen LogP contribution in [-0.2, 0) is 4.79 Å². The van der Waals surface area contributed by atoms with Crippen molar-refractivity contribution in [2.24, 2.45) is 0 Å². The number of rotatable bonds is 35. The highest BCUT2D eigenvalue weighted by atomic mass is 16.3. The van der Waals surface area contributed by atoms with E-state index in [0.717, 1.165) is 38.5 Å². The number of unbranched alkanes of at least 4 members (excludes halogenated alkanes) is 24. The minimum atomic E-state index is -1.11. The van der Waals surface area contributed by atoms with Crippen molar-refractivity contribution in [3.63, 3.8) is 0 Å². The lowest BCUT2D eigenvalue weighted by molar-refractivity contribution is -0.131. The third-order valence-electron chi connectivity index (χ3n) is 9.31. The number of carbonyl (C=O) groups is 1. The highest BCUT2D eigenvalue weighted by Crippen LogP contribution is 2.15. The van der Waals surface area contributed by atoms with Crippen molar-refractivity contribution in [1.29, 1.82) is 0 Å². The van der Waals surface area contributed by atoms with Crippen molar-refractivity contribution in [3.8, 4) is 0 Å². The Morgan fingerprint density at radius 1 is 0.596 bits per heavy atom. The van der Waals surface area contributed by atoms with Crippen LogP contribution in [0.3, 0.4) is 0 Å². The SMILES string of the molecule is CCCCCCC/C=C/C(C)=C/CC/C=C/C(O)C(CO)NC(=O)C(O)CCCCCCCCCCCCCCCCCCCCC. The summed E-state index contributed by atoms with van der Waals surface area (Å²) in [6, 6.07) is -0.823. The van der Waals surface area contributed by atoms with Crippen LogP contribution in [0.5, 0.6) is 0 Å². The number of carbonyl (C=O) groups excluding carboxylic acids is 1. The predicted octanol–water partition coefficient (Wildman–Crippen LogP) is 11.2. The number of nitrogens with one attached hydrogen (secondary N) is 1. The summed E-state index contributed by atoms with van der Waals surface area (Å²) in [6.07, 6.45) is 42.7. The largest absolute Gasteiger partial charge is 0.394 e. The van der Waals surface area contributed by atoms with Gasteiger partial charge in [-0.3, -0.25) is 4.79 Å². The summed E-state index contributed by atoms with van der Waals surface area (Å²) < 4.78 is 0. The predicted molar refractivity (Wildman–Crippen MR) is 204 cm³/mol. The Hall–Kier alpha value is -1.43. The van der Waals surface area contributed by atoms with Crippen LogP contribution in [0.15, 0.2) is 36.0 Å². The molecular weight excluding hydrogens is 582 g/mol. The van der Waals surface area contributed by atoms with Crippen LogP contribution in [0.4, 0.5) is 0 Å². The number of amides is 1. The minimum Gasteiger partial charge on any atom is -0.394 e. The molecule has 0 aliphatic rings. The first-order valence-electron chi connectivity index (χ1n) is 20.2. The molecule has 0 saturated heterocycles. The molecule has 47 heavy (non-hydrogen) atoms. The maximum absolute atomic E-state index is 12.4. The summed E-state index contributed by atoms with van der Waals surface area (Å²) in [5.41, 5.74) is 1.24. The van der Waals surface area contributed by atoms with Crippen molar-refractivity contribution >= 4 is 5.91 Å². The molecule has 0 aromatic heterocycles. The molecule has 0 aromatic rings. The molecule has 0 heterocycles. The molecule has 3 unspecified atom stereocenters. The maximum atomic E-state index is 12.4. The summed E-state index contributed by atoms with van der Waals surface area (Å²) in [5.74, 6) is -0.519. The summed E-state index contributed by atoms with van der Waals surface area (Å²) in [7, 11) is 0. The molecule has 276 valence electrons. The standard InChI is InChI=1S/C42H79NO4/c1-4-6-8-10-12-13-14-15-16-17-18-19-20-21-22-23-25-27-31-36-41(46)42(47)43-39(37-44)40(45)35-32-28-30-34-38(3)33-29-26-24-11-9-7-5-2/h29,32-35,39-41,44-46H,4-28,30-31,36-37H2,1-3H3,(H,43,47)/b33-29+,35-32+,38-34+. The third kappa shape index (κ3) is 31.6. The summed E-state index contributed by atoms with van der Waals surface area (Å²) in [4.78, 5) is 12.4. The second kappa shape index (κ2) is 35.9. The lowest BCUT2D eigenvalue weighted by Crippen LogP contribution is -2.48.